The second-order valence-corrected chi connectivity index (χ2v) is 3.78. The number of pyridine rings is 1. The van der Waals surface area contributed by atoms with E-state index >= 15 is 0 Å². The number of hydrazine groups is 1. The van der Waals surface area contributed by atoms with E-state index in [4.69, 9.17) is 5.84 Å². The Bertz CT molecular complexity index is 369. The van der Waals surface area contributed by atoms with Crippen molar-refractivity contribution in [3.63, 3.8) is 0 Å². The van der Waals surface area contributed by atoms with Crippen molar-refractivity contribution in [1.29, 1.82) is 0 Å². The highest BCUT2D eigenvalue weighted by atomic mass is 16.1. The predicted molar refractivity (Wildman–Crippen MR) is 67.1 cm³/mol. The maximum absolute atomic E-state index is 11.4. The molecule has 0 saturated carbocycles. The van der Waals surface area contributed by atoms with Crippen LogP contribution in [-0.2, 0) is 11.3 Å². The number of nitrogens with one attached hydrogen (secondary N) is 2. The largest absolute Gasteiger partial charge is 0.355 e. The summed E-state index contributed by atoms with van der Waals surface area (Å²) in [5, 5.41) is 2.75. The zero-order valence-corrected chi connectivity index (χ0v) is 10.2. The second-order valence-electron chi connectivity index (χ2n) is 3.78. The number of amides is 1. The van der Waals surface area contributed by atoms with Crippen LogP contribution in [0.1, 0.15) is 12.6 Å². The molecule has 0 bridgehead atoms. The van der Waals surface area contributed by atoms with Crippen LogP contribution in [0.2, 0.25) is 0 Å². The van der Waals surface area contributed by atoms with Crippen molar-refractivity contribution in [2.24, 2.45) is 5.84 Å². The quantitative estimate of drug-likeness (QED) is 0.477. The van der Waals surface area contributed by atoms with Gasteiger partial charge in [-0.05, 0) is 26.1 Å². The molecular formula is C11H19N5O. The fourth-order valence-electron chi connectivity index (χ4n) is 1.48. The number of nitrogens with two attached hydrogens (primary N) is 1. The topological polar surface area (TPSA) is 83.3 Å². The van der Waals surface area contributed by atoms with Crippen molar-refractivity contribution in [2.45, 2.75) is 13.5 Å². The van der Waals surface area contributed by atoms with Crippen LogP contribution in [0.15, 0.2) is 18.2 Å². The number of likely N-dealkylation sites (N-methyl/N-ethyl adjacent to an activating group) is 2. The van der Waals surface area contributed by atoms with Gasteiger partial charge < -0.3 is 10.7 Å². The molecule has 1 rings (SSSR count). The lowest BCUT2D eigenvalue weighted by Gasteiger charge is -2.15. The van der Waals surface area contributed by atoms with E-state index in [0.717, 1.165) is 5.69 Å². The van der Waals surface area contributed by atoms with Crippen LogP contribution >= 0.6 is 0 Å². The van der Waals surface area contributed by atoms with E-state index in [-0.39, 0.29) is 5.91 Å². The van der Waals surface area contributed by atoms with Gasteiger partial charge in [0, 0.05) is 13.1 Å². The number of aromatic nitrogens is 1. The van der Waals surface area contributed by atoms with E-state index in [1.54, 1.807) is 6.07 Å². The van der Waals surface area contributed by atoms with E-state index in [0.29, 0.717) is 25.5 Å². The summed E-state index contributed by atoms with van der Waals surface area (Å²) in [4.78, 5) is 17.5. The van der Waals surface area contributed by atoms with E-state index in [1.165, 1.54) is 0 Å². The first kappa shape index (κ1) is 13.4. The fraction of sp³-hybridized carbons (Fsp3) is 0.455. The molecule has 1 amide bonds. The number of nitrogen functional groups attached to an aromatic ring is 1. The number of hydrogen-bond acceptors (Lipinski definition) is 5. The molecule has 4 N–H and O–H groups in total. The average molecular weight is 237 g/mol. The van der Waals surface area contributed by atoms with Crippen LogP contribution in [-0.4, -0.2) is 35.9 Å². The summed E-state index contributed by atoms with van der Waals surface area (Å²) in [5.41, 5.74) is 3.36. The molecular weight excluding hydrogens is 218 g/mol. The number of hydrogen-bond donors (Lipinski definition) is 3. The molecule has 0 unspecified atom stereocenters. The lowest BCUT2D eigenvalue weighted by atomic mass is 10.3. The zero-order valence-electron chi connectivity index (χ0n) is 10.2. The molecule has 1 heterocycles. The first-order chi connectivity index (χ1) is 8.15. The highest BCUT2D eigenvalue weighted by molar-refractivity contribution is 5.77. The lowest BCUT2D eigenvalue weighted by Crippen LogP contribution is -2.34. The number of carbonyl (C=O) groups is 1. The van der Waals surface area contributed by atoms with E-state index in [2.05, 4.69) is 15.7 Å². The summed E-state index contributed by atoms with van der Waals surface area (Å²) in [6, 6.07) is 5.56. The number of nitrogens with zero attached hydrogens (tertiary/aromatic N) is 2. The van der Waals surface area contributed by atoms with Crippen molar-refractivity contribution in [3.8, 4) is 0 Å². The molecule has 0 aliphatic heterocycles. The van der Waals surface area contributed by atoms with Crippen LogP contribution in [0, 0.1) is 0 Å². The fourth-order valence-corrected chi connectivity index (χ4v) is 1.48. The lowest BCUT2D eigenvalue weighted by molar-refractivity contribution is -0.121. The van der Waals surface area contributed by atoms with Crippen molar-refractivity contribution in [3.05, 3.63) is 23.9 Å². The third kappa shape index (κ3) is 4.80. The summed E-state index contributed by atoms with van der Waals surface area (Å²) < 4.78 is 0. The molecule has 0 saturated heterocycles. The molecule has 6 heteroatoms. The molecule has 0 aliphatic carbocycles. The van der Waals surface area contributed by atoms with Crippen LogP contribution in [0.25, 0.3) is 0 Å². The summed E-state index contributed by atoms with van der Waals surface area (Å²) >= 11 is 0. The number of carbonyl (C=O) groups excluding carboxylic acids is 1. The zero-order chi connectivity index (χ0) is 12.7. The molecule has 0 spiro atoms. The van der Waals surface area contributed by atoms with Gasteiger partial charge in [-0.3, -0.25) is 9.69 Å². The van der Waals surface area contributed by atoms with E-state index in [9.17, 15) is 4.79 Å². The number of rotatable bonds is 6. The predicted octanol–water partition coefficient (Wildman–Crippen LogP) is -0.0649. The highest BCUT2D eigenvalue weighted by Gasteiger charge is 2.06. The van der Waals surface area contributed by atoms with Gasteiger partial charge in [0.15, 0.2) is 0 Å². The first-order valence-electron chi connectivity index (χ1n) is 5.53. The minimum absolute atomic E-state index is 0.0168. The monoisotopic (exact) mass is 237 g/mol. The van der Waals surface area contributed by atoms with Gasteiger partial charge in [-0.15, -0.1) is 0 Å². The summed E-state index contributed by atoms with van der Waals surface area (Å²) in [6.07, 6.45) is 0. The molecule has 0 fully saturated rings. The van der Waals surface area contributed by atoms with E-state index < -0.39 is 0 Å². The molecule has 1 aromatic heterocycles. The molecule has 0 aliphatic rings. The van der Waals surface area contributed by atoms with Crippen molar-refractivity contribution >= 4 is 11.7 Å². The minimum atomic E-state index is 0.0168. The van der Waals surface area contributed by atoms with Crippen LogP contribution in [0.5, 0.6) is 0 Å². The SMILES string of the molecule is CCNC(=O)CN(C)Cc1cccc(NN)n1. The van der Waals surface area contributed by atoms with Crippen LogP contribution in [0.4, 0.5) is 5.82 Å². The summed E-state index contributed by atoms with van der Waals surface area (Å²) in [5.74, 6) is 5.92. The Morgan fingerprint density at radius 3 is 2.94 bits per heavy atom. The average Bonchev–Trinajstić information content (AvgIpc) is 2.29. The van der Waals surface area contributed by atoms with Gasteiger partial charge >= 0.3 is 0 Å². The smallest absolute Gasteiger partial charge is 0.234 e. The summed E-state index contributed by atoms with van der Waals surface area (Å²) in [6.45, 7) is 3.51. The first-order valence-corrected chi connectivity index (χ1v) is 5.53. The van der Waals surface area contributed by atoms with Gasteiger partial charge in [0.25, 0.3) is 0 Å². The van der Waals surface area contributed by atoms with Crippen LogP contribution in [0.3, 0.4) is 0 Å². The Kier molecular flexibility index (Phi) is 5.38. The Morgan fingerprint density at radius 1 is 1.53 bits per heavy atom. The van der Waals surface area contributed by atoms with Gasteiger partial charge in [-0.2, -0.15) is 0 Å². The molecule has 1 aromatic rings. The van der Waals surface area contributed by atoms with Crippen molar-refractivity contribution in [2.75, 3.05) is 25.6 Å². The third-order valence-electron chi connectivity index (χ3n) is 2.17. The maximum atomic E-state index is 11.4. The minimum Gasteiger partial charge on any atom is -0.355 e. The number of anilines is 1. The van der Waals surface area contributed by atoms with E-state index in [1.807, 2.05) is 31.0 Å². The normalized spacial score (nSPS) is 10.4. The molecule has 0 atom stereocenters. The van der Waals surface area contributed by atoms with Gasteiger partial charge in [0.1, 0.15) is 5.82 Å². The second kappa shape index (κ2) is 6.82. The van der Waals surface area contributed by atoms with Crippen molar-refractivity contribution in [1.82, 2.24) is 15.2 Å². The van der Waals surface area contributed by atoms with Gasteiger partial charge in [-0.1, -0.05) is 6.07 Å². The maximum Gasteiger partial charge on any atom is 0.234 e. The Balaban J connectivity index is 2.49. The summed E-state index contributed by atoms with van der Waals surface area (Å²) in [7, 11) is 1.87. The molecule has 17 heavy (non-hydrogen) atoms. The standard InChI is InChI=1S/C11H19N5O/c1-3-13-11(17)8-16(2)7-9-5-4-6-10(14-9)15-12/h4-6H,3,7-8,12H2,1-2H3,(H,13,17)(H,14,15). The van der Waals surface area contributed by atoms with Crippen molar-refractivity contribution < 1.29 is 4.79 Å². The highest BCUT2D eigenvalue weighted by Crippen LogP contribution is 2.05. The molecule has 6 nitrogen and oxygen atoms in total. The van der Waals surface area contributed by atoms with Gasteiger partial charge in [-0.25, -0.2) is 10.8 Å². The Hall–Kier alpha value is -1.66. The molecule has 94 valence electrons. The molecule has 0 aromatic carbocycles. The Labute approximate surface area is 101 Å². The Morgan fingerprint density at radius 2 is 2.29 bits per heavy atom. The van der Waals surface area contributed by atoms with Crippen LogP contribution < -0.4 is 16.6 Å². The third-order valence-corrected chi connectivity index (χ3v) is 2.17. The van der Waals surface area contributed by atoms with Gasteiger partial charge in [0.2, 0.25) is 5.91 Å². The molecule has 0 radical (unpaired) electrons. The van der Waals surface area contributed by atoms with Gasteiger partial charge in [0.05, 0.1) is 12.2 Å².